The Morgan fingerprint density at radius 1 is 0.551 bits per heavy atom. The van der Waals surface area contributed by atoms with E-state index in [9.17, 15) is 9.46 Å². The first-order valence-corrected chi connectivity index (χ1v) is 22.3. The molecular formula is C41H82NO6P. The van der Waals surface area contributed by atoms with Crippen molar-refractivity contribution in [3.63, 3.8) is 0 Å². The molecule has 0 aliphatic heterocycles. The molecule has 49 heavy (non-hydrogen) atoms. The van der Waals surface area contributed by atoms with Gasteiger partial charge in [0, 0.05) is 19.8 Å². The lowest BCUT2D eigenvalue weighted by molar-refractivity contribution is -0.0443. The molecule has 7 nitrogen and oxygen atoms in total. The van der Waals surface area contributed by atoms with Crippen molar-refractivity contribution < 1.29 is 29.4 Å². The molecule has 0 aliphatic carbocycles. The van der Waals surface area contributed by atoms with Crippen molar-refractivity contribution >= 4 is 7.82 Å². The monoisotopic (exact) mass is 717 g/mol. The maximum atomic E-state index is 12.2. The van der Waals surface area contributed by atoms with E-state index < -0.39 is 13.9 Å². The Morgan fingerprint density at radius 3 is 1.41 bits per heavy atom. The van der Waals surface area contributed by atoms with Crippen LogP contribution < -0.4 is 5.73 Å². The minimum atomic E-state index is -4.20. The highest BCUT2D eigenvalue weighted by atomic mass is 31.2. The molecule has 0 aromatic rings. The van der Waals surface area contributed by atoms with E-state index in [-0.39, 0.29) is 19.8 Å². The van der Waals surface area contributed by atoms with Gasteiger partial charge < -0.3 is 20.1 Å². The Hall–Kier alpha value is -0.530. The Bertz CT molecular complexity index is 771. The number of phosphoric ester groups is 1. The van der Waals surface area contributed by atoms with Crippen molar-refractivity contribution in [3.05, 3.63) is 24.3 Å². The van der Waals surface area contributed by atoms with Crippen LogP contribution in [0.2, 0.25) is 1.41 Å². The molecule has 0 aromatic heterocycles. The largest absolute Gasteiger partial charge is 0.472 e. The van der Waals surface area contributed by atoms with Crippen LogP contribution in [-0.2, 0) is 23.1 Å². The fourth-order valence-electron chi connectivity index (χ4n) is 5.79. The Morgan fingerprint density at radius 2 is 0.959 bits per heavy atom. The van der Waals surface area contributed by atoms with Gasteiger partial charge in [0.1, 0.15) is 7.52 Å². The van der Waals surface area contributed by atoms with Gasteiger partial charge in [0.05, 0.1) is 19.8 Å². The van der Waals surface area contributed by atoms with Crippen LogP contribution in [0.15, 0.2) is 24.3 Å². The highest BCUT2D eigenvalue weighted by molar-refractivity contribution is 7.47. The van der Waals surface area contributed by atoms with Crippen LogP contribution in [0, 0.1) is 0 Å². The predicted molar refractivity (Wildman–Crippen MR) is 210 cm³/mol. The third kappa shape index (κ3) is 40.1. The second-order valence-corrected chi connectivity index (χ2v) is 15.2. The van der Waals surface area contributed by atoms with Crippen molar-refractivity contribution in [2.24, 2.45) is 5.73 Å². The molecule has 3 N–H and O–H groups in total. The lowest BCUT2D eigenvalue weighted by Crippen LogP contribution is -2.26. The quantitative estimate of drug-likeness (QED) is 0.0368. The zero-order valence-electron chi connectivity index (χ0n) is 33.4. The molecule has 0 aliphatic rings. The Labute approximate surface area is 306 Å². The molecule has 0 saturated heterocycles. The van der Waals surface area contributed by atoms with Gasteiger partial charge in [-0.15, -0.1) is 0 Å². The lowest BCUT2D eigenvalue weighted by Gasteiger charge is -2.20. The number of allylic oxidation sites excluding steroid dienone is 4. The van der Waals surface area contributed by atoms with Gasteiger partial charge in [-0.3, -0.25) is 9.05 Å². The first-order valence-electron chi connectivity index (χ1n) is 21.3. The molecular weight excluding hydrogens is 633 g/mol. The summed E-state index contributed by atoms with van der Waals surface area (Å²) in [4.78, 5) is 9.96. The predicted octanol–water partition coefficient (Wildman–Crippen LogP) is 12.6. The summed E-state index contributed by atoms with van der Waals surface area (Å²) in [6, 6.07) is 0. The van der Waals surface area contributed by atoms with E-state index in [1.807, 2.05) is 0 Å². The molecule has 0 saturated carbocycles. The van der Waals surface area contributed by atoms with Crippen LogP contribution in [0.3, 0.4) is 0 Å². The SMILES string of the molecule is [2H]NCCOP(=O)(O)OC[C@@H](COCCCCCCCC/C=C\CCCCCCCC)OCCCCCCCC/C=C\CCCCCCCC. The molecule has 0 amide bonds. The number of unbranched alkanes of at least 4 members (excludes halogenated alkanes) is 24. The zero-order valence-corrected chi connectivity index (χ0v) is 33.3. The number of nitrogens with two attached hydrogens (primary N) is 1. The van der Waals surface area contributed by atoms with Gasteiger partial charge in [-0.05, 0) is 64.2 Å². The average Bonchev–Trinajstić information content (AvgIpc) is 3.11. The first kappa shape index (κ1) is 46.5. The normalized spacial score (nSPS) is 14.2. The summed E-state index contributed by atoms with van der Waals surface area (Å²) in [7, 11) is -4.20. The summed E-state index contributed by atoms with van der Waals surface area (Å²) < 4.78 is 41.1. The minimum absolute atomic E-state index is 0.0676. The maximum Gasteiger partial charge on any atom is 0.472 e. The van der Waals surface area contributed by atoms with E-state index in [1.165, 1.54) is 154 Å². The maximum absolute atomic E-state index is 12.2. The molecule has 2 atom stereocenters. The number of rotatable bonds is 42. The second-order valence-electron chi connectivity index (χ2n) is 13.8. The minimum Gasteiger partial charge on any atom is -0.379 e. The van der Waals surface area contributed by atoms with Crippen LogP contribution in [0.5, 0.6) is 0 Å². The van der Waals surface area contributed by atoms with Gasteiger partial charge in [-0.25, -0.2) is 4.57 Å². The van der Waals surface area contributed by atoms with E-state index in [0.717, 1.165) is 25.7 Å². The zero-order chi connectivity index (χ0) is 36.5. The molecule has 0 bridgehead atoms. The van der Waals surface area contributed by atoms with Gasteiger partial charge in [0.15, 0.2) is 0 Å². The molecule has 0 fully saturated rings. The summed E-state index contributed by atoms with van der Waals surface area (Å²) in [5.74, 6) is 0. The topological polar surface area (TPSA) is 100 Å². The van der Waals surface area contributed by atoms with Gasteiger partial charge >= 0.3 is 7.82 Å². The van der Waals surface area contributed by atoms with E-state index in [1.54, 1.807) is 0 Å². The van der Waals surface area contributed by atoms with Crippen LogP contribution in [0.4, 0.5) is 0 Å². The fraction of sp³-hybridized carbons (Fsp3) is 0.902. The standard InChI is InChI=1S/C41H82NO6P/c1-3-5-7-9-11-13-15-17-19-21-23-25-27-29-31-33-36-45-39-41(40-48-49(43,44)47-38-35-42)46-37-34-32-30-28-26-24-22-20-18-16-14-12-10-8-6-4-2/h17-20,41H,3-16,21-40,42H2,1-2H3,(H,43,44)/b19-17-,20-18-/t41-/m1/s1/i/hD. The number of hydrogen-bond acceptors (Lipinski definition) is 6. The molecule has 1 unspecified atom stereocenters. The molecule has 8 heteroatoms. The molecule has 292 valence electrons. The third-order valence-corrected chi connectivity index (χ3v) is 9.88. The number of ether oxygens (including phenoxy) is 2. The van der Waals surface area contributed by atoms with Gasteiger partial charge in [-0.1, -0.05) is 154 Å². The number of hydrogen-bond donors (Lipinski definition) is 2. The summed E-state index contributed by atoms with van der Waals surface area (Å²) in [6.07, 6.45) is 44.5. The van der Waals surface area contributed by atoms with Gasteiger partial charge in [0.25, 0.3) is 0 Å². The second kappa shape index (κ2) is 40.2. The van der Waals surface area contributed by atoms with E-state index >= 15 is 0 Å². The number of phosphoric acid groups is 1. The molecule has 0 spiro atoms. The van der Waals surface area contributed by atoms with Crippen molar-refractivity contribution in [1.82, 2.24) is 0 Å². The summed E-state index contributed by atoms with van der Waals surface area (Å²) in [5.41, 5.74) is 2.14. The summed E-state index contributed by atoms with van der Waals surface area (Å²) in [5, 5.41) is 0. The molecule has 0 heterocycles. The van der Waals surface area contributed by atoms with Crippen molar-refractivity contribution in [1.29, 1.82) is 0 Å². The molecule has 0 rings (SSSR count). The van der Waals surface area contributed by atoms with Crippen LogP contribution in [-0.4, -0.2) is 50.6 Å². The van der Waals surface area contributed by atoms with Crippen molar-refractivity contribution in [3.8, 4) is 0 Å². The third-order valence-electron chi connectivity index (χ3n) is 8.89. The highest BCUT2D eigenvalue weighted by Gasteiger charge is 2.23. The lowest BCUT2D eigenvalue weighted by atomic mass is 10.1. The van der Waals surface area contributed by atoms with Crippen LogP contribution in [0.1, 0.15) is 194 Å². The van der Waals surface area contributed by atoms with Gasteiger partial charge in [-0.2, -0.15) is 0 Å². The summed E-state index contributed by atoms with van der Waals surface area (Å²) in [6.45, 7) is 6.08. The summed E-state index contributed by atoms with van der Waals surface area (Å²) >= 11 is 0. The average molecular weight is 717 g/mol. The Balaban J connectivity index is 3.99. The fourth-order valence-corrected chi connectivity index (χ4v) is 6.54. The van der Waals surface area contributed by atoms with E-state index in [2.05, 4.69) is 43.9 Å². The smallest absolute Gasteiger partial charge is 0.379 e. The molecule has 0 aromatic carbocycles. The van der Waals surface area contributed by atoms with E-state index in [0.29, 0.717) is 19.8 Å². The van der Waals surface area contributed by atoms with Crippen molar-refractivity contribution in [2.45, 2.75) is 200 Å². The van der Waals surface area contributed by atoms with Crippen LogP contribution in [0.25, 0.3) is 0 Å². The molecule has 0 radical (unpaired) electrons. The highest BCUT2D eigenvalue weighted by Crippen LogP contribution is 2.43. The van der Waals surface area contributed by atoms with Crippen molar-refractivity contribution in [2.75, 3.05) is 39.6 Å². The van der Waals surface area contributed by atoms with E-state index in [4.69, 9.17) is 19.9 Å². The first-order chi connectivity index (χ1) is 24.6. The van der Waals surface area contributed by atoms with Gasteiger partial charge in [0.2, 0.25) is 0 Å². The van der Waals surface area contributed by atoms with Crippen LogP contribution >= 0.6 is 7.82 Å². The Kier molecular flexibility index (Phi) is 38.2.